The molecular formula is C33H28F3NO5. The average molecular weight is 576 g/mol. The van der Waals surface area contributed by atoms with Gasteiger partial charge in [0.05, 0.1) is 12.7 Å². The molecule has 2 unspecified atom stereocenters. The minimum Gasteiger partial charge on any atom is -0.496 e. The number of carbonyl (C=O) groups excluding carboxylic acids is 2. The highest BCUT2D eigenvalue weighted by Crippen LogP contribution is 2.42. The van der Waals surface area contributed by atoms with Gasteiger partial charge in [0, 0.05) is 5.56 Å². The summed E-state index contributed by atoms with van der Waals surface area (Å²) in [5.41, 5.74) is 1.03. The van der Waals surface area contributed by atoms with Crippen molar-refractivity contribution in [3.05, 3.63) is 130 Å². The number of carbonyl (C=O) groups is 2. The number of methoxy groups -OCH3 is 1. The maximum absolute atomic E-state index is 14.3. The van der Waals surface area contributed by atoms with Gasteiger partial charge in [-0.3, -0.25) is 4.79 Å². The molecule has 0 saturated carbocycles. The molecule has 0 radical (unpaired) electrons. The van der Waals surface area contributed by atoms with Crippen molar-refractivity contribution in [2.45, 2.75) is 37.8 Å². The molecule has 0 bridgehead atoms. The second-order valence-corrected chi connectivity index (χ2v) is 9.76. The molecule has 42 heavy (non-hydrogen) atoms. The fourth-order valence-electron chi connectivity index (χ4n) is 5.10. The highest BCUT2D eigenvalue weighted by molar-refractivity contribution is 5.99. The van der Waals surface area contributed by atoms with Gasteiger partial charge in [-0.2, -0.15) is 13.2 Å². The molecule has 0 fully saturated rings. The van der Waals surface area contributed by atoms with E-state index in [2.05, 4.69) is 5.32 Å². The zero-order chi connectivity index (χ0) is 29.7. The van der Waals surface area contributed by atoms with Crippen LogP contribution < -0.4 is 14.8 Å². The van der Waals surface area contributed by atoms with Gasteiger partial charge in [0.25, 0.3) is 5.91 Å². The van der Waals surface area contributed by atoms with Crippen LogP contribution in [0.1, 0.15) is 56.7 Å². The summed E-state index contributed by atoms with van der Waals surface area (Å²) < 4.78 is 59.7. The molecule has 1 N–H and O–H groups in total. The van der Waals surface area contributed by atoms with Gasteiger partial charge >= 0.3 is 12.1 Å². The lowest BCUT2D eigenvalue weighted by molar-refractivity contribution is -0.152. The number of rotatable bonds is 9. The minimum atomic E-state index is -4.89. The molecule has 9 heteroatoms. The highest BCUT2D eigenvalue weighted by Gasteiger charge is 2.42. The average Bonchev–Trinajstić information content (AvgIpc) is 3.41. The number of hydrogen-bond donors (Lipinski definition) is 1. The Labute approximate surface area is 241 Å². The van der Waals surface area contributed by atoms with Crippen LogP contribution in [0.4, 0.5) is 13.2 Å². The number of amides is 1. The SMILES string of the molecule is COc1cccc(C(NC(=O)c2ccccc2OCc2ccccc2)C(=O)OC2CCc3ccccc32)c1C(F)(F)F. The van der Waals surface area contributed by atoms with Crippen LogP contribution in [-0.2, 0) is 28.7 Å². The maximum atomic E-state index is 14.3. The summed E-state index contributed by atoms with van der Waals surface area (Å²) in [4.78, 5) is 27.3. The molecule has 5 rings (SSSR count). The number of alkyl halides is 3. The molecule has 216 valence electrons. The zero-order valence-corrected chi connectivity index (χ0v) is 22.7. The minimum absolute atomic E-state index is 0.0499. The Bertz CT molecular complexity index is 1570. The van der Waals surface area contributed by atoms with E-state index in [0.29, 0.717) is 12.8 Å². The molecule has 1 aliphatic rings. The Morgan fingerprint density at radius 1 is 0.881 bits per heavy atom. The maximum Gasteiger partial charge on any atom is 0.420 e. The van der Waals surface area contributed by atoms with Crippen LogP contribution in [0, 0.1) is 0 Å². The number of aryl methyl sites for hydroxylation is 1. The third kappa shape index (κ3) is 6.25. The van der Waals surface area contributed by atoms with Gasteiger partial charge in [-0.05, 0) is 47.7 Å². The van der Waals surface area contributed by atoms with Gasteiger partial charge in [-0.15, -0.1) is 0 Å². The Morgan fingerprint density at radius 3 is 2.33 bits per heavy atom. The van der Waals surface area contributed by atoms with Crippen LogP contribution in [0.3, 0.4) is 0 Å². The predicted octanol–water partition coefficient (Wildman–Crippen LogP) is 6.99. The van der Waals surface area contributed by atoms with Crippen molar-refractivity contribution in [1.82, 2.24) is 5.32 Å². The van der Waals surface area contributed by atoms with Gasteiger partial charge in [-0.25, -0.2) is 4.79 Å². The summed E-state index contributed by atoms with van der Waals surface area (Å²) in [6.07, 6.45) is -4.41. The van der Waals surface area contributed by atoms with Crippen molar-refractivity contribution in [2.75, 3.05) is 7.11 Å². The molecule has 0 spiro atoms. The van der Waals surface area contributed by atoms with Gasteiger partial charge in [-0.1, -0.05) is 78.9 Å². The summed E-state index contributed by atoms with van der Waals surface area (Å²) in [5, 5.41) is 2.50. The predicted molar refractivity (Wildman–Crippen MR) is 149 cm³/mol. The van der Waals surface area contributed by atoms with E-state index in [1.54, 1.807) is 24.3 Å². The van der Waals surface area contributed by atoms with Gasteiger partial charge in [0.15, 0.2) is 6.04 Å². The molecule has 4 aromatic carbocycles. The molecule has 1 aliphatic carbocycles. The van der Waals surface area contributed by atoms with Crippen LogP contribution in [0.2, 0.25) is 0 Å². The van der Waals surface area contributed by atoms with E-state index in [4.69, 9.17) is 14.2 Å². The van der Waals surface area contributed by atoms with E-state index in [1.807, 2.05) is 48.5 Å². The van der Waals surface area contributed by atoms with Gasteiger partial charge < -0.3 is 19.5 Å². The highest BCUT2D eigenvalue weighted by atomic mass is 19.4. The Kier molecular flexibility index (Phi) is 8.47. The molecule has 0 heterocycles. The monoisotopic (exact) mass is 575 g/mol. The summed E-state index contributed by atoms with van der Waals surface area (Å²) in [5.74, 6) is -2.10. The normalized spacial score (nSPS) is 14.9. The summed E-state index contributed by atoms with van der Waals surface area (Å²) in [6, 6.07) is 24.8. The van der Waals surface area contributed by atoms with E-state index in [-0.39, 0.29) is 17.9 Å². The van der Waals surface area contributed by atoms with E-state index >= 15 is 0 Å². The van der Waals surface area contributed by atoms with E-state index < -0.39 is 47.1 Å². The van der Waals surface area contributed by atoms with E-state index in [1.165, 1.54) is 12.1 Å². The second kappa shape index (κ2) is 12.4. The number of ether oxygens (including phenoxy) is 3. The fourth-order valence-corrected chi connectivity index (χ4v) is 5.10. The van der Waals surface area contributed by atoms with E-state index in [0.717, 1.165) is 35.9 Å². The van der Waals surface area contributed by atoms with Crippen molar-refractivity contribution in [1.29, 1.82) is 0 Å². The number of esters is 1. The number of halogens is 3. The van der Waals surface area contributed by atoms with Crippen molar-refractivity contribution in [3.8, 4) is 11.5 Å². The van der Waals surface area contributed by atoms with Gasteiger partial charge in [0.2, 0.25) is 0 Å². The first-order chi connectivity index (χ1) is 20.3. The summed E-state index contributed by atoms with van der Waals surface area (Å²) >= 11 is 0. The summed E-state index contributed by atoms with van der Waals surface area (Å²) in [6.45, 7) is 0.159. The summed E-state index contributed by atoms with van der Waals surface area (Å²) in [7, 11) is 1.11. The zero-order valence-electron chi connectivity index (χ0n) is 22.7. The molecule has 0 aliphatic heterocycles. The quantitative estimate of drug-likeness (QED) is 0.218. The smallest absolute Gasteiger partial charge is 0.420 e. The lowest BCUT2D eigenvalue weighted by atomic mass is 9.98. The van der Waals surface area contributed by atoms with Crippen LogP contribution in [0.15, 0.2) is 97.1 Å². The third-order valence-electron chi connectivity index (χ3n) is 7.09. The van der Waals surface area contributed by atoms with Crippen LogP contribution in [-0.4, -0.2) is 19.0 Å². The fraction of sp³-hybridized carbons (Fsp3) is 0.212. The number of para-hydroxylation sites is 1. The standard InChI is InChI=1S/C33H28F3NO5/c1-40-28-17-9-15-25(29(28)33(34,35)36)30(32(39)42-27-19-18-22-12-5-6-13-23(22)27)37-31(38)24-14-7-8-16-26(24)41-20-21-10-3-2-4-11-21/h2-17,27,30H,18-20H2,1H3,(H,37,38). The molecule has 6 nitrogen and oxygen atoms in total. The van der Waals surface area contributed by atoms with Crippen molar-refractivity contribution in [2.24, 2.45) is 0 Å². The van der Waals surface area contributed by atoms with Crippen molar-refractivity contribution >= 4 is 11.9 Å². The topological polar surface area (TPSA) is 73.9 Å². The van der Waals surface area contributed by atoms with Crippen molar-refractivity contribution in [3.63, 3.8) is 0 Å². The first-order valence-electron chi connectivity index (χ1n) is 13.3. The number of nitrogens with one attached hydrogen (secondary N) is 1. The Morgan fingerprint density at radius 2 is 1.57 bits per heavy atom. The van der Waals surface area contributed by atoms with Crippen LogP contribution >= 0.6 is 0 Å². The van der Waals surface area contributed by atoms with Crippen LogP contribution in [0.5, 0.6) is 11.5 Å². The molecule has 0 aromatic heterocycles. The first kappa shape index (κ1) is 28.7. The number of hydrogen-bond acceptors (Lipinski definition) is 5. The second-order valence-electron chi connectivity index (χ2n) is 9.76. The lowest BCUT2D eigenvalue weighted by Gasteiger charge is -2.25. The molecular weight excluding hydrogens is 547 g/mol. The van der Waals surface area contributed by atoms with Crippen molar-refractivity contribution < 1.29 is 37.0 Å². The number of benzene rings is 4. The largest absolute Gasteiger partial charge is 0.496 e. The molecule has 1 amide bonds. The third-order valence-corrected chi connectivity index (χ3v) is 7.09. The van der Waals surface area contributed by atoms with Gasteiger partial charge in [0.1, 0.15) is 29.8 Å². The number of fused-ring (bicyclic) bond motifs is 1. The first-order valence-corrected chi connectivity index (χ1v) is 13.3. The lowest BCUT2D eigenvalue weighted by Crippen LogP contribution is -2.37. The Hall–Kier alpha value is -4.79. The molecule has 4 aromatic rings. The molecule has 0 saturated heterocycles. The Balaban J connectivity index is 1.48. The van der Waals surface area contributed by atoms with E-state index in [9.17, 15) is 22.8 Å². The molecule has 2 atom stereocenters. The van der Waals surface area contributed by atoms with Crippen LogP contribution in [0.25, 0.3) is 0 Å².